The molecule has 0 aliphatic carbocycles. The molecule has 4 nitrogen and oxygen atoms in total. The number of aromatic nitrogens is 2. The zero-order valence-corrected chi connectivity index (χ0v) is 9.80. The highest BCUT2D eigenvalue weighted by Gasteiger charge is 2.11. The van der Waals surface area contributed by atoms with E-state index in [4.69, 9.17) is 4.74 Å². The largest absolute Gasteiger partial charge is 0.460 e. The Hall–Kier alpha value is -0.840. The number of aromatic amines is 1. The quantitative estimate of drug-likeness (QED) is 0.667. The van der Waals surface area contributed by atoms with Crippen molar-refractivity contribution in [3.8, 4) is 0 Å². The van der Waals surface area contributed by atoms with Crippen molar-refractivity contribution in [1.82, 2.24) is 9.97 Å². The average Bonchev–Trinajstić information content (AvgIpc) is 2.62. The molecule has 0 aliphatic heterocycles. The van der Waals surface area contributed by atoms with Crippen LogP contribution in [0.25, 0.3) is 0 Å². The lowest BCUT2D eigenvalue weighted by atomic mass is 10.2. The van der Waals surface area contributed by atoms with Gasteiger partial charge >= 0.3 is 5.97 Å². The van der Waals surface area contributed by atoms with E-state index in [2.05, 4.69) is 25.9 Å². The summed E-state index contributed by atoms with van der Waals surface area (Å²) in [5, 5.41) is 0.650. The molecule has 0 atom stereocenters. The van der Waals surface area contributed by atoms with Gasteiger partial charge in [-0.1, -0.05) is 29.8 Å². The summed E-state index contributed by atoms with van der Waals surface area (Å²) >= 11 is 3.26. The first-order valence-corrected chi connectivity index (χ1v) is 5.52. The second kappa shape index (κ2) is 5.14. The number of hydrogen-bond acceptors (Lipinski definition) is 3. The predicted octanol–water partition coefficient (Wildman–Crippen LogP) is 2.12. The molecule has 0 aliphatic rings. The standard InChI is InChI=1S/C9H13BrN2O2/c1-6(2)5-14-9(13)8-11-4-7(3-10)12-8/h4,6H,3,5H2,1-2H3,(H,11,12). The van der Waals surface area contributed by atoms with Gasteiger partial charge in [-0.2, -0.15) is 0 Å². The van der Waals surface area contributed by atoms with Crippen molar-refractivity contribution < 1.29 is 9.53 Å². The first-order chi connectivity index (χ1) is 6.63. The Morgan fingerprint density at radius 2 is 2.43 bits per heavy atom. The zero-order valence-electron chi connectivity index (χ0n) is 8.21. The minimum absolute atomic E-state index is 0.264. The van der Waals surface area contributed by atoms with Gasteiger partial charge in [0.2, 0.25) is 5.82 Å². The molecule has 1 N–H and O–H groups in total. The number of nitrogens with one attached hydrogen (secondary N) is 1. The Bertz CT molecular complexity index is 310. The van der Waals surface area contributed by atoms with Gasteiger partial charge in [0.25, 0.3) is 0 Å². The maximum atomic E-state index is 11.3. The third-order valence-corrected chi connectivity index (χ3v) is 2.12. The average molecular weight is 261 g/mol. The molecular weight excluding hydrogens is 248 g/mol. The fraction of sp³-hybridized carbons (Fsp3) is 0.556. The fourth-order valence-electron chi connectivity index (χ4n) is 0.841. The molecule has 0 fully saturated rings. The van der Waals surface area contributed by atoms with E-state index in [1.165, 1.54) is 0 Å². The van der Waals surface area contributed by atoms with Gasteiger partial charge in [0.1, 0.15) is 0 Å². The van der Waals surface area contributed by atoms with Crippen molar-refractivity contribution in [2.45, 2.75) is 19.2 Å². The van der Waals surface area contributed by atoms with E-state index < -0.39 is 5.97 Å². The molecule has 0 bridgehead atoms. The van der Waals surface area contributed by atoms with Crippen LogP contribution in [0.1, 0.15) is 30.2 Å². The first-order valence-electron chi connectivity index (χ1n) is 4.40. The number of nitrogens with zero attached hydrogens (tertiary/aromatic N) is 1. The Balaban J connectivity index is 2.52. The molecule has 0 unspecified atom stereocenters. The smallest absolute Gasteiger partial charge is 0.374 e. The van der Waals surface area contributed by atoms with Crippen LogP contribution in [0.2, 0.25) is 0 Å². The first kappa shape index (κ1) is 11.2. The normalized spacial score (nSPS) is 10.6. The summed E-state index contributed by atoms with van der Waals surface area (Å²) in [6.07, 6.45) is 1.61. The number of hydrogen-bond donors (Lipinski definition) is 1. The molecule has 14 heavy (non-hydrogen) atoms. The lowest BCUT2D eigenvalue weighted by Gasteiger charge is -2.04. The number of rotatable bonds is 4. The van der Waals surface area contributed by atoms with Crippen molar-refractivity contribution >= 4 is 21.9 Å². The molecule has 1 aromatic heterocycles. The summed E-state index contributed by atoms with van der Waals surface area (Å²) in [5.41, 5.74) is 0.862. The summed E-state index contributed by atoms with van der Waals surface area (Å²) in [5.74, 6) is 0.204. The lowest BCUT2D eigenvalue weighted by Crippen LogP contribution is -2.11. The molecule has 1 heterocycles. The van der Waals surface area contributed by atoms with Gasteiger partial charge < -0.3 is 9.72 Å². The van der Waals surface area contributed by atoms with Crippen LogP contribution in [0.3, 0.4) is 0 Å². The molecule has 0 saturated heterocycles. The van der Waals surface area contributed by atoms with Gasteiger partial charge in [0, 0.05) is 17.2 Å². The third-order valence-electron chi connectivity index (χ3n) is 1.51. The molecule has 0 spiro atoms. The van der Waals surface area contributed by atoms with Gasteiger partial charge in [0.15, 0.2) is 0 Å². The second-order valence-corrected chi connectivity index (χ2v) is 3.94. The minimum atomic E-state index is -0.397. The van der Waals surface area contributed by atoms with Crippen molar-refractivity contribution in [2.24, 2.45) is 5.92 Å². The molecule has 0 amide bonds. The number of ether oxygens (including phenoxy) is 1. The van der Waals surface area contributed by atoms with Gasteiger partial charge in [-0.3, -0.25) is 0 Å². The van der Waals surface area contributed by atoms with Crippen molar-refractivity contribution in [3.63, 3.8) is 0 Å². The van der Waals surface area contributed by atoms with E-state index in [1.54, 1.807) is 6.20 Å². The molecule has 0 radical (unpaired) electrons. The van der Waals surface area contributed by atoms with E-state index in [0.29, 0.717) is 17.9 Å². The summed E-state index contributed by atoms with van der Waals surface area (Å²) in [6.45, 7) is 4.39. The van der Waals surface area contributed by atoms with Crippen LogP contribution in [0, 0.1) is 5.92 Å². The van der Waals surface area contributed by atoms with Crippen LogP contribution < -0.4 is 0 Å². The number of esters is 1. The van der Waals surface area contributed by atoms with Crippen LogP contribution in [0.5, 0.6) is 0 Å². The second-order valence-electron chi connectivity index (χ2n) is 3.38. The van der Waals surface area contributed by atoms with E-state index in [1.807, 2.05) is 13.8 Å². The van der Waals surface area contributed by atoms with E-state index in [-0.39, 0.29) is 5.82 Å². The van der Waals surface area contributed by atoms with Crippen LogP contribution in [-0.2, 0) is 10.1 Å². The highest BCUT2D eigenvalue weighted by atomic mass is 79.9. The Kier molecular flexibility index (Phi) is 4.13. The topological polar surface area (TPSA) is 55.0 Å². The highest BCUT2D eigenvalue weighted by molar-refractivity contribution is 9.08. The maximum absolute atomic E-state index is 11.3. The predicted molar refractivity (Wildman–Crippen MR) is 56.3 cm³/mol. The van der Waals surface area contributed by atoms with Gasteiger partial charge in [0.05, 0.1) is 6.61 Å². The van der Waals surface area contributed by atoms with Gasteiger partial charge in [-0.25, -0.2) is 9.78 Å². The summed E-state index contributed by atoms with van der Waals surface area (Å²) in [7, 11) is 0. The SMILES string of the molecule is CC(C)COC(=O)c1ncc(CBr)[nH]1. The van der Waals surface area contributed by atoms with Crippen molar-refractivity contribution in [2.75, 3.05) is 6.61 Å². The molecule has 1 rings (SSSR count). The fourth-order valence-corrected chi connectivity index (χ4v) is 1.13. The molecule has 0 saturated carbocycles. The minimum Gasteiger partial charge on any atom is -0.460 e. The number of alkyl halides is 1. The number of halogens is 1. The monoisotopic (exact) mass is 260 g/mol. The van der Waals surface area contributed by atoms with Crippen molar-refractivity contribution in [3.05, 3.63) is 17.7 Å². The molecule has 1 aromatic rings. The van der Waals surface area contributed by atoms with Crippen LogP contribution in [-0.4, -0.2) is 22.5 Å². The Labute approximate surface area is 91.2 Å². The Morgan fingerprint density at radius 3 is 2.93 bits per heavy atom. The van der Waals surface area contributed by atoms with Crippen LogP contribution in [0.4, 0.5) is 0 Å². The van der Waals surface area contributed by atoms with E-state index >= 15 is 0 Å². The van der Waals surface area contributed by atoms with Crippen molar-refractivity contribution in [1.29, 1.82) is 0 Å². The third kappa shape index (κ3) is 3.14. The maximum Gasteiger partial charge on any atom is 0.374 e. The molecular formula is C9H13BrN2O2. The van der Waals surface area contributed by atoms with E-state index in [0.717, 1.165) is 5.69 Å². The summed E-state index contributed by atoms with van der Waals surface area (Å²) in [4.78, 5) is 18.1. The molecule has 78 valence electrons. The molecule has 0 aromatic carbocycles. The lowest BCUT2D eigenvalue weighted by molar-refractivity contribution is 0.0445. The number of carbonyl (C=O) groups is 1. The molecule has 5 heteroatoms. The highest BCUT2D eigenvalue weighted by Crippen LogP contribution is 2.04. The number of H-pyrrole nitrogens is 1. The Morgan fingerprint density at radius 1 is 1.71 bits per heavy atom. The van der Waals surface area contributed by atoms with Gasteiger partial charge in [-0.15, -0.1) is 0 Å². The number of carbonyl (C=O) groups excluding carboxylic acids is 1. The van der Waals surface area contributed by atoms with Crippen LogP contribution in [0.15, 0.2) is 6.20 Å². The summed E-state index contributed by atoms with van der Waals surface area (Å²) < 4.78 is 5.00. The van der Waals surface area contributed by atoms with E-state index in [9.17, 15) is 4.79 Å². The van der Waals surface area contributed by atoms with Gasteiger partial charge in [-0.05, 0) is 5.92 Å². The summed E-state index contributed by atoms with van der Waals surface area (Å²) in [6, 6.07) is 0. The number of imidazole rings is 1. The van der Waals surface area contributed by atoms with Crippen LogP contribution >= 0.6 is 15.9 Å². The zero-order chi connectivity index (χ0) is 10.6.